The highest BCUT2D eigenvalue weighted by Crippen LogP contribution is 2.21. The van der Waals surface area contributed by atoms with Crippen molar-refractivity contribution in [3.8, 4) is 5.75 Å². The molecule has 160 valence electrons. The lowest BCUT2D eigenvalue weighted by Crippen LogP contribution is -2.15. The van der Waals surface area contributed by atoms with Gasteiger partial charge >= 0.3 is 6.61 Å². The Balaban J connectivity index is 1.37. The maximum Gasteiger partial charge on any atom is 0.387 e. The summed E-state index contributed by atoms with van der Waals surface area (Å²) in [6.07, 6.45) is 3.25. The van der Waals surface area contributed by atoms with Crippen LogP contribution >= 0.6 is 0 Å². The summed E-state index contributed by atoms with van der Waals surface area (Å²) in [6.45, 7) is -3.02. The molecule has 31 heavy (non-hydrogen) atoms. The number of carbonyl (C=O) groups excluding carboxylic acids is 1. The minimum atomic E-state index is -3.11. The van der Waals surface area contributed by atoms with E-state index in [9.17, 15) is 18.0 Å². The van der Waals surface area contributed by atoms with E-state index in [1.165, 1.54) is 17.1 Å². The zero-order valence-electron chi connectivity index (χ0n) is 16.3. The molecule has 4 aromatic rings. The number of carbonyl (C=O) groups is 1. The Morgan fingerprint density at radius 3 is 2.71 bits per heavy atom. The molecule has 0 aliphatic heterocycles. The molecule has 0 atom stereocenters. The van der Waals surface area contributed by atoms with E-state index in [2.05, 4.69) is 25.3 Å². The number of halogens is 3. The van der Waals surface area contributed by atoms with Gasteiger partial charge in [0.25, 0.3) is 0 Å². The largest absolute Gasteiger partial charge is 0.432 e. The smallest absolute Gasteiger partial charge is 0.387 e. The summed E-state index contributed by atoms with van der Waals surface area (Å²) in [7, 11) is 1.85. The van der Waals surface area contributed by atoms with Gasteiger partial charge in [0.1, 0.15) is 0 Å². The number of hydrogen-bond donors (Lipinski definition) is 1. The van der Waals surface area contributed by atoms with Crippen molar-refractivity contribution in [2.75, 3.05) is 5.32 Å². The third kappa shape index (κ3) is 4.82. The van der Waals surface area contributed by atoms with Gasteiger partial charge in [-0.05, 0) is 35.4 Å². The van der Waals surface area contributed by atoms with Crippen LogP contribution in [0.15, 0.2) is 48.8 Å². The molecule has 0 fully saturated rings. The van der Waals surface area contributed by atoms with Gasteiger partial charge in [0.2, 0.25) is 5.91 Å². The van der Waals surface area contributed by atoms with Gasteiger partial charge < -0.3 is 10.1 Å². The number of amides is 1. The van der Waals surface area contributed by atoms with Crippen LogP contribution in [0.1, 0.15) is 11.1 Å². The summed E-state index contributed by atoms with van der Waals surface area (Å²) < 4.78 is 44.1. The third-order valence-electron chi connectivity index (χ3n) is 4.52. The van der Waals surface area contributed by atoms with Crippen molar-refractivity contribution in [3.05, 3.63) is 65.7 Å². The Bertz CT molecular complexity index is 1240. The lowest BCUT2D eigenvalue weighted by molar-refractivity contribution is -0.115. The third-order valence-corrected chi connectivity index (χ3v) is 4.52. The minimum absolute atomic E-state index is 0.0828. The topological polar surface area (TPSA) is 86.9 Å². The van der Waals surface area contributed by atoms with Crippen molar-refractivity contribution in [3.63, 3.8) is 0 Å². The summed E-state index contributed by atoms with van der Waals surface area (Å²) >= 11 is 0. The predicted octanol–water partition coefficient (Wildman–Crippen LogP) is 3.13. The molecule has 11 heteroatoms. The fraction of sp³-hybridized carbons (Fsp3) is 0.200. The van der Waals surface area contributed by atoms with Crippen LogP contribution in [0.2, 0.25) is 0 Å². The first-order valence-electron chi connectivity index (χ1n) is 9.21. The highest BCUT2D eigenvalue weighted by molar-refractivity contribution is 5.92. The van der Waals surface area contributed by atoms with Crippen molar-refractivity contribution in [1.82, 2.24) is 24.8 Å². The average molecular weight is 430 g/mol. The van der Waals surface area contributed by atoms with Crippen LogP contribution in [0.4, 0.5) is 19.0 Å². The second kappa shape index (κ2) is 8.46. The van der Waals surface area contributed by atoms with Gasteiger partial charge in [-0.2, -0.15) is 23.8 Å². The number of anilines is 1. The zero-order chi connectivity index (χ0) is 22.0. The number of benzene rings is 2. The van der Waals surface area contributed by atoms with Crippen LogP contribution < -0.4 is 10.1 Å². The van der Waals surface area contributed by atoms with Gasteiger partial charge in [0.15, 0.2) is 17.4 Å². The van der Waals surface area contributed by atoms with Gasteiger partial charge in [-0.3, -0.25) is 9.48 Å². The molecular formula is C20H17F3N6O2. The van der Waals surface area contributed by atoms with Crippen molar-refractivity contribution < 1.29 is 22.7 Å². The molecule has 8 nitrogen and oxygen atoms in total. The Morgan fingerprint density at radius 1 is 1.13 bits per heavy atom. The maximum atomic E-state index is 13.8. The number of fused-ring (bicyclic) bond motifs is 1. The fourth-order valence-electron chi connectivity index (χ4n) is 3.12. The van der Waals surface area contributed by atoms with Gasteiger partial charge in [-0.25, -0.2) is 4.39 Å². The molecule has 0 saturated carbocycles. The number of aromatic nitrogens is 5. The van der Waals surface area contributed by atoms with Crippen LogP contribution in [-0.4, -0.2) is 37.3 Å². The second-order valence-electron chi connectivity index (χ2n) is 6.79. The van der Waals surface area contributed by atoms with E-state index >= 15 is 0 Å². The summed E-state index contributed by atoms with van der Waals surface area (Å²) in [5.74, 6) is -1.48. The number of nitrogens with zero attached hydrogens (tertiary/aromatic N) is 5. The SMILES string of the molecule is Cn1ncc2cc(CC(=O)Nc3cnn(Cc4ccc(OC(F)F)c(F)c4)n3)ccc21. The summed E-state index contributed by atoms with van der Waals surface area (Å²) in [4.78, 5) is 13.6. The van der Waals surface area contributed by atoms with Crippen molar-refractivity contribution in [2.24, 2.45) is 7.05 Å². The monoisotopic (exact) mass is 430 g/mol. The number of aryl methyl sites for hydroxylation is 1. The zero-order valence-corrected chi connectivity index (χ0v) is 16.3. The van der Waals surface area contributed by atoms with E-state index in [1.807, 2.05) is 25.2 Å². The first-order chi connectivity index (χ1) is 14.9. The normalized spacial score (nSPS) is 11.3. The highest BCUT2D eigenvalue weighted by Gasteiger charge is 2.12. The lowest BCUT2D eigenvalue weighted by atomic mass is 10.1. The van der Waals surface area contributed by atoms with Gasteiger partial charge in [0, 0.05) is 12.4 Å². The van der Waals surface area contributed by atoms with Crippen LogP contribution in [-0.2, 0) is 24.8 Å². The minimum Gasteiger partial charge on any atom is -0.432 e. The number of ether oxygens (including phenoxy) is 1. The van der Waals surface area contributed by atoms with Gasteiger partial charge in [-0.1, -0.05) is 12.1 Å². The van der Waals surface area contributed by atoms with E-state index in [4.69, 9.17) is 0 Å². The molecule has 0 aliphatic carbocycles. The Morgan fingerprint density at radius 2 is 1.94 bits per heavy atom. The quantitative estimate of drug-likeness (QED) is 0.487. The highest BCUT2D eigenvalue weighted by atomic mass is 19.3. The van der Waals surface area contributed by atoms with E-state index in [0.29, 0.717) is 5.56 Å². The fourth-order valence-corrected chi connectivity index (χ4v) is 3.12. The van der Waals surface area contributed by atoms with E-state index in [1.54, 1.807) is 10.9 Å². The molecule has 1 amide bonds. The summed E-state index contributed by atoms with van der Waals surface area (Å²) in [6, 6.07) is 9.26. The molecule has 2 aromatic heterocycles. The first kappa shape index (κ1) is 20.4. The van der Waals surface area contributed by atoms with Crippen LogP contribution in [0.3, 0.4) is 0 Å². The Labute approximate surface area is 174 Å². The molecule has 0 bridgehead atoms. The molecule has 4 rings (SSSR count). The van der Waals surface area contributed by atoms with Crippen molar-refractivity contribution >= 4 is 22.6 Å². The first-order valence-corrected chi connectivity index (χ1v) is 9.21. The molecule has 2 aromatic carbocycles. The summed E-state index contributed by atoms with van der Waals surface area (Å²) in [5, 5.41) is 15.9. The maximum absolute atomic E-state index is 13.8. The van der Waals surface area contributed by atoms with E-state index in [-0.39, 0.29) is 24.7 Å². The number of rotatable bonds is 7. The average Bonchev–Trinajstić information content (AvgIpc) is 3.30. The molecule has 0 spiro atoms. The standard InChI is InChI=1S/C20H17F3N6O2/c1-28-16-4-2-12(6-14(16)9-24-28)8-19(30)26-18-10-25-29(27-18)11-13-3-5-17(15(21)7-13)31-20(22)23/h2-7,9-10,20H,8,11H2,1H3,(H,26,27,30). The van der Waals surface area contributed by atoms with Gasteiger partial charge in [0.05, 0.1) is 30.9 Å². The lowest BCUT2D eigenvalue weighted by Gasteiger charge is -2.07. The van der Waals surface area contributed by atoms with E-state index in [0.717, 1.165) is 28.6 Å². The molecule has 0 aliphatic rings. The Hall–Kier alpha value is -3.89. The molecule has 0 saturated heterocycles. The Kier molecular flexibility index (Phi) is 5.56. The van der Waals surface area contributed by atoms with Crippen LogP contribution in [0, 0.1) is 5.82 Å². The predicted molar refractivity (Wildman–Crippen MR) is 105 cm³/mol. The number of alkyl halides is 2. The van der Waals surface area contributed by atoms with Crippen molar-refractivity contribution in [1.29, 1.82) is 0 Å². The summed E-state index contributed by atoms with van der Waals surface area (Å²) in [5.41, 5.74) is 2.24. The van der Waals surface area contributed by atoms with Crippen LogP contribution in [0.5, 0.6) is 5.75 Å². The molecule has 2 heterocycles. The molecule has 0 unspecified atom stereocenters. The molecular weight excluding hydrogens is 413 g/mol. The molecule has 1 N–H and O–H groups in total. The van der Waals surface area contributed by atoms with Crippen LogP contribution in [0.25, 0.3) is 10.9 Å². The second-order valence-corrected chi connectivity index (χ2v) is 6.79. The van der Waals surface area contributed by atoms with Crippen molar-refractivity contribution in [2.45, 2.75) is 19.6 Å². The van der Waals surface area contributed by atoms with Gasteiger partial charge in [-0.15, -0.1) is 5.10 Å². The number of nitrogens with one attached hydrogen (secondary N) is 1. The van der Waals surface area contributed by atoms with E-state index < -0.39 is 18.2 Å². The molecule has 0 radical (unpaired) electrons. The number of hydrogen-bond acceptors (Lipinski definition) is 5.